The smallest absolute Gasteiger partial charge is 0.185 e. The van der Waals surface area contributed by atoms with Crippen LogP contribution in [-0.4, -0.2) is 41.1 Å². The molecule has 3 heterocycles. The van der Waals surface area contributed by atoms with E-state index >= 15 is 0 Å². The fraction of sp³-hybridized carbons (Fsp3) is 0.312. The number of benzene rings is 1. The Morgan fingerprint density at radius 1 is 0.909 bits per heavy atom. The second-order valence-electron chi connectivity index (χ2n) is 5.36. The molecule has 0 saturated carbocycles. The molecule has 2 aromatic heterocycles. The van der Waals surface area contributed by atoms with Crippen molar-refractivity contribution in [2.75, 3.05) is 36.0 Å². The van der Waals surface area contributed by atoms with Gasteiger partial charge in [0.1, 0.15) is 5.82 Å². The highest BCUT2D eigenvalue weighted by Crippen LogP contribution is 2.21. The summed E-state index contributed by atoms with van der Waals surface area (Å²) in [5, 5.41) is 3.15. The number of hydrogen-bond donors (Lipinski definition) is 0. The quantitative estimate of drug-likeness (QED) is 0.728. The maximum Gasteiger partial charge on any atom is 0.185 e. The third kappa shape index (κ3) is 2.62. The van der Waals surface area contributed by atoms with Gasteiger partial charge in [-0.05, 0) is 18.6 Å². The first kappa shape index (κ1) is 13.5. The molecule has 0 radical (unpaired) electrons. The van der Waals surface area contributed by atoms with Crippen LogP contribution in [0.2, 0.25) is 0 Å². The van der Waals surface area contributed by atoms with Crippen LogP contribution in [0.3, 0.4) is 0 Å². The predicted octanol–water partition coefficient (Wildman–Crippen LogP) is 2.80. The number of thiazole rings is 1. The van der Waals surface area contributed by atoms with E-state index in [1.807, 2.05) is 42.0 Å². The summed E-state index contributed by atoms with van der Waals surface area (Å²) >= 11 is 1.71. The van der Waals surface area contributed by atoms with Crippen molar-refractivity contribution in [3.05, 3.63) is 42.0 Å². The van der Waals surface area contributed by atoms with Crippen molar-refractivity contribution < 1.29 is 0 Å². The molecule has 6 heteroatoms. The summed E-state index contributed by atoms with van der Waals surface area (Å²) in [6, 6.07) is 8.02. The molecule has 1 saturated heterocycles. The lowest BCUT2D eigenvalue weighted by Crippen LogP contribution is -2.31. The SMILES string of the molecule is c1ccc2nc(N3CCCN(c4nccs4)CC3)cnc2c1. The molecular weight excluding hydrogens is 294 g/mol. The number of nitrogens with zero attached hydrogens (tertiary/aromatic N) is 5. The minimum atomic E-state index is 0.950. The molecule has 5 nitrogen and oxygen atoms in total. The summed E-state index contributed by atoms with van der Waals surface area (Å²) in [5.74, 6) is 0.972. The molecule has 1 fully saturated rings. The van der Waals surface area contributed by atoms with E-state index in [1.54, 1.807) is 11.3 Å². The van der Waals surface area contributed by atoms with Crippen molar-refractivity contribution in [1.29, 1.82) is 0 Å². The molecule has 0 aliphatic carbocycles. The average molecular weight is 311 g/mol. The van der Waals surface area contributed by atoms with Crippen LogP contribution in [0.5, 0.6) is 0 Å². The Balaban J connectivity index is 1.54. The highest BCUT2D eigenvalue weighted by molar-refractivity contribution is 7.13. The molecule has 22 heavy (non-hydrogen) atoms. The first-order chi connectivity index (χ1) is 10.9. The highest BCUT2D eigenvalue weighted by atomic mass is 32.1. The largest absolute Gasteiger partial charge is 0.353 e. The van der Waals surface area contributed by atoms with Gasteiger partial charge in [0.25, 0.3) is 0 Å². The standard InChI is InChI=1S/C16H17N5S/c1-2-5-14-13(4-1)18-12-15(19-14)20-7-3-8-21(10-9-20)16-17-6-11-22-16/h1-2,4-6,11-12H,3,7-10H2. The summed E-state index contributed by atoms with van der Waals surface area (Å²) in [5.41, 5.74) is 1.91. The molecule has 1 aromatic carbocycles. The number of anilines is 2. The van der Waals surface area contributed by atoms with Crippen LogP contribution < -0.4 is 9.80 Å². The van der Waals surface area contributed by atoms with Crippen LogP contribution in [-0.2, 0) is 0 Å². The second-order valence-corrected chi connectivity index (χ2v) is 6.23. The molecule has 0 spiro atoms. The van der Waals surface area contributed by atoms with Gasteiger partial charge in [0, 0.05) is 37.8 Å². The minimum Gasteiger partial charge on any atom is -0.353 e. The van der Waals surface area contributed by atoms with Gasteiger partial charge in [0.15, 0.2) is 5.13 Å². The number of rotatable bonds is 2. The minimum absolute atomic E-state index is 0.950. The highest BCUT2D eigenvalue weighted by Gasteiger charge is 2.18. The third-order valence-corrected chi connectivity index (χ3v) is 4.78. The predicted molar refractivity (Wildman–Crippen MR) is 90.7 cm³/mol. The van der Waals surface area contributed by atoms with Gasteiger partial charge in [-0.2, -0.15) is 0 Å². The van der Waals surface area contributed by atoms with Crippen LogP contribution >= 0.6 is 11.3 Å². The van der Waals surface area contributed by atoms with Crippen LogP contribution in [0.25, 0.3) is 11.0 Å². The number of fused-ring (bicyclic) bond motifs is 1. The van der Waals surface area contributed by atoms with Gasteiger partial charge < -0.3 is 9.80 Å². The molecule has 0 unspecified atom stereocenters. The maximum absolute atomic E-state index is 4.76. The van der Waals surface area contributed by atoms with Crippen molar-refractivity contribution in [1.82, 2.24) is 15.0 Å². The van der Waals surface area contributed by atoms with Gasteiger partial charge in [0.2, 0.25) is 0 Å². The molecule has 1 aliphatic heterocycles. The molecular formula is C16H17N5S. The lowest BCUT2D eigenvalue weighted by molar-refractivity contribution is 0.797. The van der Waals surface area contributed by atoms with E-state index in [0.717, 1.165) is 54.6 Å². The molecule has 0 N–H and O–H groups in total. The molecule has 1 aliphatic rings. The van der Waals surface area contributed by atoms with Gasteiger partial charge in [0.05, 0.1) is 17.2 Å². The van der Waals surface area contributed by atoms with Crippen LogP contribution in [0.4, 0.5) is 10.9 Å². The van der Waals surface area contributed by atoms with Gasteiger partial charge in [-0.25, -0.2) is 9.97 Å². The van der Waals surface area contributed by atoms with E-state index in [9.17, 15) is 0 Å². The van der Waals surface area contributed by atoms with Crippen LogP contribution in [0.1, 0.15) is 6.42 Å². The topological polar surface area (TPSA) is 45.2 Å². The molecule has 3 aromatic rings. The van der Waals surface area contributed by atoms with Crippen molar-refractivity contribution in [3.8, 4) is 0 Å². The number of para-hydroxylation sites is 2. The van der Waals surface area contributed by atoms with E-state index in [4.69, 9.17) is 4.98 Å². The molecule has 0 atom stereocenters. The summed E-state index contributed by atoms with van der Waals surface area (Å²) in [4.78, 5) is 18.4. The van der Waals surface area contributed by atoms with Crippen molar-refractivity contribution in [3.63, 3.8) is 0 Å². The molecule has 0 amide bonds. The van der Waals surface area contributed by atoms with Gasteiger partial charge in [-0.15, -0.1) is 11.3 Å². The average Bonchev–Trinajstić information content (AvgIpc) is 2.99. The summed E-state index contributed by atoms with van der Waals surface area (Å²) < 4.78 is 0. The normalized spacial score (nSPS) is 16.0. The fourth-order valence-electron chi connectivity index (χ4n) is 2.81. The Bertz CT molecular complexity index is 758. The van der Waals surface area contributed by atoms with E-state index in [2.05, 4.69) is 19.8 Å². The lowest BCUT2D eigenvalue weighted by atomic mass is 10.3. The molecule has 4 rings (SSSR count). The molecule has 0 bridgehead atoms. The zero-order valence-electron chi connectivity index (χ0n) is 12.2. The lowest BCUT2D eigenvalue weighted by Gasteiger charge is -2.22. The third-order valence-electron chi connectivity index (χ3n) is 3.95. The Morgan fingerprint density at radius 3 is 2.59 bits per heavy atom. The van der Waals surface area contributed by atoms with Crippen LogP contribution in [0.15, 0.2) is 42.0 Å². The van der Waals surface area contributed by atoms with E-state index in [1.165, 1.54) is 0 Å². The van der Waals surface area contributed by atoms with Crippen molar-refractivity contribution >= 4 is 33.3 Å². The van der Waals surface area contributed by atoms with Crippen molar-refractivity contribution in [2.45, 2.75) is 6.42 Å². The Hall–Kier alpha value is -2.21. The Morgan fingerprint density at radius 2 is 1.73 bits per heavy atom. The maximum atomic E-state index is 4.76. The van der Waals surface area contributed by atoms with Gasteiger partial charge >= 0.3 is 0 Å². The summed E-state index contributed by atoms with van der Waals surface area (Å²) in [6.07, 6.45) is 4.87. The first-order valence-electron chi connectivity index (χ1n) is 7.51. The zero-order valence-corrected chi connectivity index (χ0v) is 13.0. The van der Waals surface area contributed by atoms with Gasteiger partial charge in [-0.3, -0.25) is 4.98 Å². The molecule has 112 valence electrons. The fourth-order valence-corrected chi connectivity index (χ4v) is 3.51. The Labute approximate surface area is 133 Å². The van der Waals surface area contributed by atoms with Crippen molar-refractivity contribution in [2.24, 2.45) is 0 Å². The monoisotopic (exact) mass is 311 g/mol. The summed E-state index contributed by atoms with van der Waals surface area (Å²) in [7, 11) is 0. The van der Waals surface area contributed by atoms with E-state index in [-0.39, 0.29) is 0 Å². The second kappa shape index (κ2) is 5.88. The number of hydrogen-bond acceptors (Lipinski definition) is 6. The number of aromatic nitrogens is 3. The first-order valence-corrected chi connectivity index (χ1v) is 8.39. The van der Waals surface area contributed by atoms with E-state index < -0.39 is 0 Å². The van der Waals surface area contributed by atoms with Gasteiger partial charge in [-0.1, -0.05) is 12.1 Å². The van der Waals surface area contributed by atoms with Crippen LogP contribution in [0, 0.1) is 0 Å². The van der Waals surface area contributed by atoms with E-state index in [0.29, 0.717) is 0 Å². The summed E-state index contributed by atoms with van der Waals surface area (Å²) in [6.45, 7) is 3.98. The zero-order chi connectivity index (χ0) is 14.8. The Kier molecular flexibility index (Phi) is 3.60.